The van der Waals surface area contributed by atoms with Gasteiger partial charge in [-0.25, -0.2) is 0 Å². The van der Waals surface area contributed by atoms with Gasteiger partial charge in [-0.1, -0.05) is 42.5 Å². The second kappa shape index (κ2) is 7.34. The molecule has 0 saturated carbocycles. The number of rotatable bonds is 6. The Labute approximate surface area is 118 Å². The second-order valence-corrected chi connectivity index (χ2v) is 5.51. The zero-order chi connectivity index (χ0) is 13.5. The largest absolute Gasteiger partial charge is 0.388 e. The zero-order valence-electron chi connectivity index (χ0n) is 11.0. The van der Waals surface area contributed by atoms with Crippen molar-refractivity contribution in [3.63, 3.8) is 0 Å². The third-order valence-electron chi connectivity index (χ3n) is 2.87. The predicted molar refractivity (Wildman–Crippen MR) is 81.3 cm³/mol. The van der Waals surface area contributed by atoms with Gasteiger partial charge in [0.15, 0.2) is 0 Å². The Bertz CT molecular complexity index is 501. The lowest BCUT2D eigenvalue weighted by molar-refractivity contribution is 0.204. The number of aliphatic hydroxyl groups excluding tert-OH is 1. The van der Waals surface area contributed by atoms with Crippen LogP contribution in [0, 0.1) is 0 Å². The van der Waals surface area contributed by atoms with Gasteiger partial charge < -0.3 is 10.4 Å². The smallest absolute Gasteiger partial charge is 0.0883 e. The summed E-state index contributed by atoms with van der Waals surface area (Å²) in [6, 6.07) is 18.2. The molecule has 0 bridgehead atoms. The highest BCUT2D eigenvalue weighted by molar-refractivity contribution is 7.99. The quantitative estimate of drug-likeness (QED) is 0.793. The third-order valence-corrected chi connectivity index (χ3v) is 3.94. The van der Waals surface area contributed by atoms with Crippen LogP contribution in [0.2, 0.25) is 0 Å². The highest BCUT2D eigenvalue weighted by Gasteiger charge is 2.07. The van der Waals surface area contributed by atoms with Gasteiger partial charge in [-0.2, -0.15) is 0 Å². The fourth-order valence-corrected chi connectivity index (χ4v) is 2.85. The van der Waals surface area contributed by atoms with Gasteiger partial charge in [-0.05, 0) is 30.3 Å². The summed E-state index contributed by atoms with van der Waals surface area (Å²) >= 11 is 1.69. The van der Waals surface area contributed by atoms with Crippen LogP contribution in [0.1, 0.15) is 17.2 Å². The maximum Gasteiger partial charge on any atom is 0.0883 e. The minimum atomic E-state index is -0.417. The van der Waals surface area contributed by atoms with Gasteiger partial charge in [0.25, 0.3) is 0 Å². The number of aliphatic hydroxyl groups is 1. The minimum Gasteiger partial charge on any atom is -0.388 e. The Morgan fingerprint density at radius 2 is 1.89 bits per heavy atom. The van der Waals surface area contributed by atoms with E-state index < -0.39 is 6.10 Å². The van der Waals surface area contributed by atoms with E-state index in [0.29, 0.717) is 5.75 Å². The Balaban J connectivity index is 1.93. The lowest BCUT2D eigenvalue weighted by Gasteiger charge is -2.11. The van der Waals surface area contributed by atoms with Crippen molar-refractivity contribution in [3.8, 4) is 0 Å². The average Bonchev–Trinajstić information content (AvgIpc) is 2.46. The summed E-state index contributed by atoms with van der Waals surface area (Å²) < 4.78 is 0. The fourth-order valence-electron chi connectivity index (χ4n) is 1.90. The van der Waals surface area contributed by atoms with Crippen LogP contribution in [-0.2, 0) is 6.54 Å². The topological polar surface area (TPSA) is 32.3 Å². The van der Waals surface area contributed by atoms with Crippen molar-refractivity contribution in [2.24, 2.45) is 0 Å². The number of hydrogen-bond donors (Lipinski definition) is 2. The van der Waals surface area contributed by atoms with Gasteiger partial charge >= 0.3 is 0 Å². The van der Waals surface area contributed by atoms with Crippen LogP contribution in [0.4, 0.5) is 0 Å². The van der Waals surface area contributed by atoms with Crippen LogP contribution < -0.4 is 5.32 Å². The summed E-state index contributed by atoms with van der Waals surface area (Å²) in [7, 11) is 1.94. The molecule has 0 aliphatic heterocycles. The van der Waals surface area contributed by atoms with Crippen LogP contribution in [0.3, 0.4) is 0 Å². The first-order chi connectivity index (χ1) is 9.29. The van der Waals surface area contributed by atoms with Crippen LogP contribution in [-0.4, -0.2) is 17.9 Å². The fraction of sp³-hybridized carbons (Fsp3) is 0.250. The molecule has 0 radical (unpaired) electrons. The van der Waals surface area contributed by atoms with Crippen LogP contribution in [0.15, 0.2) is 59.5 Å². The molecule has 2 rings (SSSR count). The molecule has 0 amide bonds. The number of thioether (sulfide) groups is 1. The summed E-state index contributed by atoms with van der Waals surface area (Å²) in [6.45, 7) is 0.871. The molecule has 0 heterocycles. The van der Waals surface area contributed by atoms with Gasteiger partial charge in [0.1, 0.15) is 0 Å². The lowest BCUT2D eigenvalue weighted by Crippen LogP contribution is -2.05. The van der Waals surface area contributed by atoms with Gasteiger partial charge in [0.05, 0.1) is 6.10 Å². The summed E-state index contributed by atoms with van der Waals surface area (Å²) in [5.74, 6) is 0.674. The Morgan fingerprint density at radius 3 is 2.63 bits per heavy atom. The zero-order valence-corrected chi connectivity index (χ0v) is 11.9. The summed E-state index contributed by atoms with van der Waals surface area (Å²) in [5.41, 5.74) is 2.24. The highest BCUT2D eigenvalue weighted by atomic mass is 32.2. The van der Waals surface area contributed by atoms with E-state index in [4.69, 9.17) is 0 Å². The summed E-state index contributed by atoms with van der Waals surface area (Å²) in [5, 5.41) is 13.3. The Kier molecular flexibility index (Phi) is 5.45. The van der Waals surface area contributed by atoms with E-state index in [1.54, 1.807) is 11.8 Å². The van der Waals surface area contributed by atoms with Crippen molar-refractivity contribution in [3.05, 3.63) is 65.7 Å². The van der Waals surface area contributed by atoms with Crippen LogP contribution in [0.25, 0.3) is 0 Å². The minimum absolute atomic E-state index is 0.417. The molecule has 0 aliphatic rings. The van der Waals surface area contributed by atoms with E-state index in [1.165, 1.54) is 10.5 Å². The van der Waals surface area contributed by atoms with E-state index in [-0.39, 0.29) is 0 Å². The molecule has 0 saturated heterocycles. The van der Waals surface area contributed by atoms with Gasteiger partial charge in [0, 0.05) is 17.2 Å². The van der Waals surface area contributed by atoms with Gasteiger partial charge in [-0.15, -0.1) is 11.8 Å². The molecular weight excluding hydrogens is 254 g/mol. The molecule has 2 nitrogen and oxygen atoms in total. The first-order valence-electron chi connectivity index (χ1n) is 6.39. The van der Waals surface area contributed by atoms with Gasteiger partial charge in [0.2, 0.25) is 0 Å². The number of nitrogens with one attached hydrogen (secondary N) is 1. The SMILES string of the molecule is CNCc1cccc(SCC(O)c2ccccc2)c1. The van der Waals surface area contributed by atoms with Crippen LogP contribution >= 0.6 is 11.8 Å². The van der Waals surface area contributed by atoms with Crippen molar-refractivity contribution in [2.75, 3.05) is 12.8 Å². The maximum absolute atomic E-state index is 10.1. The molecule has 100 valence electrons. The number of benzene rings is 2. The molecule has 1 unspecified atom stereocenters. The second-order valence-electron chi connectivity index (χ2n) is 4.42. The van der Waals surface area contributed by atoms with Crippen molar-refractivity contribution >= 4 is 11.8 Å². The van der Waals surface area contributed by atoms with Crippen molar-refractivity contribution in [1.82, 2.24) is 5.32 Å². The molecule has 2 N–H and O–H groups in total. The molecule has 2 aromatic carbocycles. The molecule has 1 atom stereocenters. The molecule has 2 aromatic rings. The van der Waals surface area contributed by atoms with E-state index in [1.807, 2.05) is 37.4 Å². The van der Waals surface area contributed by atoms with E-state index >= 15 is 0 Å². The predicted octanol–water partition coefficient (Wildman–Crippen LogP) is 3.23. The summed E-state index contributed by atoms with van der Waals surface area (Å²) in [6.07, 6.45) is -0.417. The van der Waals surface area contributed by atoms with Crippen molar-refractivity contribution < 1.29 is 5.11 Å². The van der Waals surface area contributed by atoms with Gasteiger partial charge in [-0.3, -0.25) is 0 Å². The first-order valence-corrected chi connectivity index (χ1v) is 7.37. The Morgan fingerprint density at radius 1 is 1.11 bits per heavy atom. The maximum atomic E-state index is 10.1. The molecule has 0 fully saturated rings. The highest BCUT2D eigenvalue weighted by Crippen LogP contribution is 2.25. The molecule has 0 spiro atoms. The van der Waals surface area contributed by atoms with E-state index in [9.17, 15) is 5.11 Å². The lowest BCUT2D eigenvalue weighted by atomic mass is 10.1. The van der Waals surface area contributed by atoms with E-state index in [0.717, 1.165) is 12.1 Å². The molecule has 0 aromatic heterocycles. The standard InChI is InChI=1S/C16H19NOS/c1-17-11-13-6-5-9-15(10-13)19-12-16(18)14-7-3-2-4-8-14/h2-10,16-18H,11-12H2,1H3. The monoisotopic (exact) mass is 273 g/mol. The van der Waals surface area contributed by atoms with E-state index in [2.05, 4.69) is 29.6 Å². The van der Waals surface area contributed by atoms with Crippen molar-refractivity contribution in [2.45, 2.75) is 17.5 Å². The number of hydrogen-bond acceptors (Lipinski definition) is 3. The van der Waals surface area contributed by atoms with Crippen LogP contribution in [0.5, 0.6) is 0 Å². The normalized spacial score (nSPS) is 12.3. The third kappa shape index (κ3) is 4.39. The summed E-state index contributed by atoms with van der Waals surface area (Å²) in [4.78, 5) is 1.20. The first kappa shape index (κ1) is 14.1. The Hall–Kier alpha value is -1.29. The molecule has 3 heteroatoms. The molecule has 0 aliphatic carbocycles. The average molecular weight is 273 g/mol. The molecular formula is C16H19NOS. The van der Waals surface area contributed by atoms with Crippen molar-refractivity contribution in [1.29, 1.82) is 0 Å². The molecule has 19 heavy (non-hydrogen) atoms.